The highest BCUT2D eigenvalue weighted by Gasteiger charge is 2.22. The van der Waals surface area contributed by atoms with Crippen LogP contribution < -0.4 is 10.9 Å². The van der Waals surface area contributed by atoms with Gasteiger partial charge in [0.2, 0.25) is 0 Å². The Balaban J connectivity index is 2.11. The summed E-state index contributed by atoms with van der Waals surface area (Å²) in [5.41, 5.74) is 1.76. The number of carbonyl (C=O) groups excluding carboxylic acids is 1. The Bertz CT molecular complexity index is 1400. The average Bonchev–Trinajstić information content (AvgIpc) is 2.75. The lowest BCUT2D eigenvalue weighted by molar-refractivity contribution is 0.101. The zero-order valence-corrected chi connectivity index (χ0v) is 17.7. The van der Waals surface area contributed by atoms with Crippen LogP contribution in [0.1, 0.15) is 24.2 Å². The van der Waals surface area contributed by atoms with Crippen LogP contribution in [0.5, 0.6) is 0 Å². The number of ketones is 1. The average molecular weight is 435 g/mol. The predicted molar refractivity (Wildman–Crippen MR) is 118 cm³/mol. The molecule has 0 atom stereocenters. The van der Waals surface area contributed by atoms with E-state index in [1.807, 2.05) is 0 Å². The molecule has 0 spiro atoms. The topological polar surface area (TPSA) is 89.5 Å². The Morgan fingerprint density at radius 1 is 1.16 bits per heavy atom. The fourth-order valence-corrected chi connectivity index (χ4v) is 3.67. The summed E-state index contributed by atoms with van der Waals surface area (Å²) in [5.74, 6) is -0.334. The number of pyridine rings is 1. The van der Waals surface area contributed by atoms with Crippen LogP contribution in [-0.2, 0) is 6.54 Å². The van der Waals surface area contributed by atoms with Crippen LogP contribution in [-0.4, -0.2) is 25.5 Å². The minimum atomic E-state index is -0.469. The first-order valence-electron chi connectivity index (χ1n) is 9.67. The Hall–Kier alpha value is -3.71. The summed E-state index contributed by atoms with van der Waals surface area (Å²) in [6, 6.07) is 15.6. The van der Waals surface area contributed by atoms with Gasteiger partial charge in [-0.3, -0.25) is 9.59 Å². The van der Waals surface area contributed by atoms with Gasteiger partial charge in [-0.25, -0.2) is 9.67 Å². The monoisotopic (exact) mass is 434 g/mol. The zero-order chi connectivity index (χ0) is 22.1. The molecular formula is C23H19ClN4O3. The lowest BCUT2D eigenvalue weighted by atomic mass is 10.0. The summed E-state index contributed by atoms with van der Waals surface area (Å²) in [5, 5.41) is 15.5. The van der Waals surface area contributed by atoms with E-state index in [0.717, 1.165) is 4.73 Å². The molecule has 2 heterocycles. The lowest BCUT2D eigenvalue weighted by Gasteiger charge is -2.13. The molecule has 1 aliphatic carbocycles. The van der Waals surface area contributed by atoms with Crippen LogP contribution in [0, 0.1) is 0 Å². The molecule has 0 saturated carbocycles. The first kappa shape index (κ1) is 20.6. The standard InChI is InChI=1S/C23H19ClN4O3/c1-3-27-23(30)22(25-18-10-5-11-19-17(18)9-6-12-28(19)31)20(14(2)29)21(26-27)15-7-4-8-16(24)13-15/h4-13,31H,3H2,1-2H3. The summed E-state index contributed by atoms with van der Waals surface area (Å²) in [4.78, 5) is 30.4. The molecule has 0 saturated heterocycles. The lowest BCUT2D eigenvalue weighted by Crippen LogP contribution is -2.26. The molecule has 1 aromatic heterocycles. The first-order valence-corrected chi connectivity index (χ1v) is 10.0. The quantitative estimate of drug-likeness (QED) is 0.385. The van der Waals surface area contributed by atoms with E-state index < -0.39 is 5.56 Å². The molecule has 0 fully saturated rings. The zero-order valence-electron chi connectivity index (χ0n) is 16.9. The highest BCUT2D eigenvalue weighted by molar-refractivity contribution is 6.30. The van der Waals surface area contributed by atoms with Crippen molar-refractivity contribution in [1.82, 2.24) is 14.5 Å². The van der Waals surface area contributed by atoms with Gasteiger partial charge in [0.15, 0.2) is 5.78 Å². The van der Waals surface area contributed by atoms with Gasteiger partial charge in [-0.05, 0) is 50.2 Å². The number of Topliss-reactive ketones (excluding diaryl/α,β-unsaturated/α-hetero) is 1. The first-order chi connectivity index (χ1) is 14.9. The van der Waals surface area contributed by atoms with Gasteiger partial charge < -0.3 is 5.21 Å². The SMILES string of the molecule is CCn1nc(-c2cccc(Cl)c2)c(C(C)=O)c(N=c2cccc3n(O)cccc2-3)c1=O. The van der Waals surface area contributed by atoms with Crippen molar-refractivity contribution in [1.29, 1.82) is 0 Å². The number of hydrogen-bond acceptors (Lipinski definition) is 5. The number of carbonyl (C=O) groups is 1. The van der Waals surface area contributed by atoms with Gasteiger partial charge in [0.25, 0.3) is 5.56 Å². The van der Waals surface area contributed by atoms with Gasteiger partial charge in [0.1, 0.15) is 11.4 Å². The third kappa shape index (κ3) is 3.75. The third-order valence-corrected chi connectivity index (χ3v) is 5.15. The van der Waals surface area contributed by atoms with Gasteiger partial charge in [-0.2, -0.15) is 9.83 Å². The molecule has 2 aromatic rings. The second-order valence-electron chi connectivity index (χ2n) is 6.93. The summed E-state index contributed by atoms with van der Waals surface area (Å²) in [6.07, 6.45) is 1.50. The third-order valence-electron chi connectivity index (χ3n) is 4.91. The van der Waals surface area contributed by atoms with Crippen molar-refractivity contribution in [2.24, 2.45) is 4.99 Å². The van der Waals surface area contributed by atoms with Gasteiger partial charge in [-0.15, -0.1) is 0 Å². The fraction of sp³-hybridized carbons (Fsp3) is 0.130. The maximum Gasteiger partial charge on any atom is 0.293 e. The van der Waals surface area contributed by atoms with E-state index in [1.165, 1.54) is 17.8 Å². The van der Waals surface area contributed by atoms with Gasteiger partial charge in [0.05, 0.1) is 16.6 Å². The molecule has 1 aliphatic heterocycles. The van der Waals surface area contributed by atoms with Crippen molar-refractivity contribution < 1.29 is 10.0 Å². The fourth-order valence-electron chi connectivity index (χ4n) is 3.48. The molecule has 7 nitrogen and oxygen atoms in total. The van der Waals surface area contributed by atoms with Crippen molar-refractivity contribution in [2.45, 2.75) is 20.4 Å². The van der Waals surface area contributed by atoms with E-state index in [4.69, 9.17) is 11.6 Å². The van der Waals surface area contributed by atoms with Crippen LogP contribution in [0.15, 0.2) is 70.6 Å². The summed E-state index contributed by atoms with van der Waals surface area (Å²) in [6.45, 7) is 3.48. The number of aromatic nitrogens is 3. The largest absolute Gasteiger partial charge is 0.428 e. The Kier molecular flexibility index (Phi) is 5.44. The predicted octanol–water partition coefficient (Wildman–Crippen LogP) is 4.16. The number of fused-ring (bicyclic) bond motifs is 1. The number of rotatable bonds is 4. The second-order valence-corrected chi connectivity index (χ2v) is 7.37. The summed E-state index contributed by atoms with van der Waals surface area (Å²) < 4.78 is 2.26. The van der Waals surface area contributed by atoms with Crippen molar-refractivity contribution in [3.8, 4) is 22.5 Å². The van der Waals surface area contributed by atoms with Crippen LogP contribution in [0.25, 0.3) is 22.5 Å². The highest BCUT2D eigenvalue weighted by Crippen LogP contribution is 2.29. The molecule has 1 aromatic carbocycles. The van der Waals surface area contributed by atoms with Gasteiger partial charge in [0, 0.05) is 28.9 Å². The van der Waals surface area contributed by atoms with Crippen LogP contribution in [0.2, 0.25) is 5.02 Å². The van der Waals surface area contributed by atoms with E-state index >= 15 is 0 Å². The molecule has 156 valence electrons. The molecule has 1 N–H and O–H groups in total. The molecule has 4 rings (SSSR count). The van der Waals surface area contributed by atoms with Crippen LogP contribution in [0.3, 0.4) is 0 Å². The van der Waals surface area contributed by atoms with Crippen LogP contribution in [0.4, 0.5) is 5.69 Å². The minimum Gasteiger partial charge on any atom is -0.428 e. The van der Waals surface area contributed by atoms with Crippen molar-refractivity contribution in [3.63, 3.8) is 0 Å². The molecule has 0 radical (unpaired) electrons. The normalized spacial score (nSPS) is 11.8. The van der Waals surface area contributed by atoms with Gasteiger partial charge >= 0.3 is 0 Å². The Morgan fingerprint density at radius 2 is 1.94 bits per heavy atom. The van der Waals surface area contributed by atoms with Crippen LogP contribution >= 0.6 is 11.6 Å². The minimum absolute atomic E-state index is 0.000156. The maximum absolute atomic E-state index is 13.2. The number of benzene rings is 2. The van der Waals surface area contributed by atoms with Crippen molar-refractivity contribution in [3.05, 3.63) is 87.1 Å². The number of hydrogen-bond donors (Lipinski definition) is 1. The Labute approximate surface area is 182 Å². The maximum atomic E-state index is 13.2. The second kappa shape index (κ2) is 8.20. The molecule has 31 heavy (non-hydrogen) atoms. The Morgan fingerprint density at radius 3 is 2.65 bits per heavy atom. The molecule has 0 bridgehead atoms. The summed E-state index contributed by atoms with van der Waals surface area (Å²) in [7, 11) is 0. The van der Waals surface area contributed by atoms with Crippen molar-refractivity contribution >= 4 is 23.1 Å². The molecule has 0 amide bonds. The number of halogens is 1. The van der Waals surface area contributed by atoms with E-state index in [0.29, 0.717) is 39.4 Å². The smallest absolute Gasteiger partial charge is 0.293 e. The molecular weight excluding hydrogens is 416 g/mol. The van der Waals surface area contributed by atoms with E-state index in [2.05, 4.69) is 10.1 Å². The molecule has 8 heteroatoms. The molecule has 0 unspecified atom stereocenters. The van der Waals surface area contributed by atoms with Gasteiger partial charge in [-0.1, -0.05) is 29.8 Å². The van der Waals surface area contributed by atoms with E-state index in [9.17, 15) is 14.8 Å². The van der Waals surface area contributed by atoms with E-state index in [-0.39, 0.29) is 17.0 Å². The molecule has 2 aliphatic rings. The van der Waals surface area contributed by atoms with Crippen molar-refractivity contribution in [2.75, 3.05) is 0 Å². The summed E-state index contributed by atoms with van der Waals surface area (Å²) >= 11 is 6.15. The number of aryl methyl sites for hydroxylation is 1. The highest BCUT2D eigenvalue weighted by atomic mass is 35.5. The number of nitrogens with zero attached hydrogens (tertiary/aromatic N) is 4. The van der Waals surface area contributed by atoms with E-state index in [1.54, 1.807) is 61.5 Å².